The lowest BCUT2D eigenvalue weighted by atomic mass is 10.1. The normalized spacial score (nSPS) is 12.2. The number of aryl methyl sites for hydroxylation is 2. The summed E-state index contributed by atoms with van der Waals surface area (Å²) in [6, 6.07) is 11.9. The van der Waals surface area contributed by atoms with Crippen molar-refractivity contribution in [2.24, 2.45) is 5.73 Å². The maximum absolute atomic E-state index is 6.06. The minimum atomic E-state index is 0.0648. The van der Waals surface area contributed by atoms with Crippen LogP contribution in [0.5, 0.6) is 11.5 Å². The maximum atomic E-state index is 6.06. The van der Waals surface area contributed by atoms with Gasteiger partial charge in [0.15, 0.2) is 0 Å². The molecule has 2 aromatic carbocycles. The van der Waals surface area contributed by atoms with E-state index in [1.54, 1.807) is 0 Å². The molecule has 0 aromatic heterocycles. The monoisotopic (exact) mass is 289 g/mol. The predicted molar refractivity (Wildman–Crippen MR) is 84.8 cm³/mol. The van der Waals surface area contributed by atoms with Crippen LogP contribution in [0.2, 0.25) is 5.02 Å². The molecule has 0 saturated heterocycles. The second-order valence-electron chi connectivity index (χ2n) is 5.30. The summed E-state index contributed by atoms with van der Waals surface area (Å²) in [4.78, 5) is 0. The van der Waals surface area contributed by atoms with Gasteiger partial charge in [0, 0.05) is 11.1 Å². The number of halogens is 1. The summed E-state index contributed by atoms with van der Waals surface area (Å²) in [7, 11) is 0. The molecule has 0 aliphatic rings. The standard InChI is InChI=1S/C17H20ClNO/c1-11-4-6-16(12(2)8-11)20-17-7-5-15(18)10-14(17)9-13(3)19/h4-8,10,13H,9,19H2,1-3H3. The Morgan fingerprint density at radius 1 is 1.10 bits per heavy atom. The van der Waals surface area contributed by atoms with Crippen LogP contribution in [0.25, 0.3) is 0 Å². The Morgan fingerprint density at radius 3 is 2.45 bits per heavy atom. The molecular weight excluding hydrogens is 270 g/mol. The van der Waals surface area contributed by atoms with E-state index in [0.29, 0.717) is 5.02 Å². The van der Waals surface area contributed by atoms with Gasteiger partial charge in [0.2, 0.25) is 0 Å². The SMILES string of the molecule is Cc1ccc(Oc2ccc(Cl)cc2CC(C)N)c(C)c1. The van der Waals surface area contributed by atoms with Crippen LogP contribution in [-0.2, 0) is 6.42 Å². The molecule has 0 amide bonds. The molecule has 20 heavy (non-hydrogen) atoms. The summed E-state index contributed by atoms with van der Waals surface area (Å²) in [6.07, 6.45) is 0.737. The highest BCUT2D eigenvalue weighted by atomic mass is 35.5. The first kappa shape index (κ1) is 14.9. The van der Waals surface area contributed by atoms with E-state index in [1.807, 2.05) is 44.2 Å². The average Bonchev–Trinajstić information content (AvgIpc) is 2.34. The fraction of sp³-hybridized carbons (Fsp3) is 0.294. The molecule has 0 spiro atoms. The van der Waals surface area contributed by atoms with E-state index in [0.717, 1.165) is 29.0 Å². The predicted octanol–water partition coefficient (Wildman–Crippen LogP) is 4.64. The van der Waals surface area contributed by atoms with Crippen LogP contribution in [0.3, 0.4) is 0 Å². The molecule has 1 unspecified atom stereocenters. The molecular formula is C17H20ClNO. The van der Waals surface area contributed by atoms with Crippen molar-refractivity contribution >= 4 is 11.6 Å². The zero-order valence-electron chi connectivity index (χ0n) is 12.1. The van der Waals surface area contributed by atoms with Gasteiger partial charge in [-0.05, 0) is 62.6 Å². The summed E-state index contributed by atoms with van der Waals surface area (Å²) in [5.74, 6) is 1.68. The smallest absolute Gasteiger partial charge is 0.130 e. The van der Waals surface area contributed by atoms with Gasteiger partial charge in [-0.3, -0.25) is 0 Å². The molecule has 2 aromatic rings. The van der Waals surface area contributed by atoms with Gasteiger partial charge < -0.3 is 10.5 Å². The van der Waals surface area contributed by atoms with Gasteiger partial charge >= 0.3 is 0 Å². The van der Waals surface area contributed by atoms with Gasteiger partial charge in [-0.1, -0.05) is 29.3 Å². The fourth-order valence-corrected chi connectivity index (χ4v) is 2.38. The minimum Gasteiger partial charge on any atom is -0.457 e. The summed E-state index contributed by atoms with van der Waals surface area (Å²) in [6.45, 7) is 6.09. The average molecular weight is 290 g/mol. The molecule has 0 aliphatic carbocycles. The molecule has 2 nitrogen and oxygen atoms in total. The Labute approximate surface area is 125 Å². The van der Waals surface area contributed by atoms with Crippen molar-refractivity contribution in [3.63, 3.8) is 0 Å². The van der Waals surface area contributed by atoms with Gasteiger partial charge in [-0.15, -0.1) is 0 Å². The number of benzene rings is 2. The summed E-state index contributed by atoms with van der Waals surface area (Å²) >= 11 is 6.06. The summed E-state index contributed by atoms with van der Waals surface area (Å²) in [5.41, 5.74) is 9.26. The van der Waals surface area contributed by atoms with Crippen LogP contribution >= 0.6 is 11.6 Å². The van der Waals surface area contributed by atoms with E-state index in [4.69, 9.17) is 22.1 Å². The van der Waals surface area contributed by atoms with Crippen molar-refractivity contribution in [2.75, 3.05) is 0 Å². The first-order chi connectivity index (χ1) is 9.45. The Hall–Kier alpha value is -1.51. The highest BCUT2D eigenvalue weighted by Gasteiger charge is 2.09. The molecule has 0 bridgehead atoms. The molecule has 2 N–H and O–H groups in total. The lowest BCUT2D eigenvalue weighted by Crippen LogP contribution is -2.18. The first-order valence-electron chi connectivity index (χ1n) is 6.75. The van der Waals surface area contributed by atoms with E-state index in [1.165, 1.54) is 5.56 Å². The van der Waals surface area contributed by atoms with Crippen molar-refractivity contribution in [2.45, 2.75) is 33.2 Å². The van der Waals surface area contributed by atoms with Crippen LogP contribution in [-0.4, -0.2) is 6.04 Å². The van der Waals surface area contributed by atoms with Crippen LogP contribution < -0.4 is 10.5 Å². The van der Waals surface area contributed by atoms with Crippen molar-refractivity contribution in [1.29, 1.82) is 0 Å². The number of ether oxygens (including phenoxy) is 1. The lowest BCUT2D eigenvalue weighted by Gasteiger charge is -2.15. The van der Waals surface area contributed by atoms with Crippen molar-refractivity contribution < 1.29 is 4.74 Å². The molecule has 0 saturated carbocycles. The van der Waals surface area contributed by atoms with Gasteiger partial charge in [-0.2, -0.15) is 0 Å². The lowest BCUT2D eigenvalue weighted by molar-refractivity contribution is 0.470. The maximum Gasteiger partial charge on any atom is 0.130 e. The molecule has 0 heterocycles. The van der Waals surface area contributed by atoms with E-state index in [9.17, 15) is 0 Å². The zero-order valence-corrected chi connectivity index (χ0v) is 12.9. The molecule has 1 atom stereocenters. The first-order valence-corrected chi connectivity index (χ1v) is 7.12. The molecule has 2 rings (SSSR count). The number of hydrogen-bond donors (Lipinski definition) is 1. The highest BCUT2D eigenvalue weighted by Crippen LogP contribution is 2.30. The number of nitrogens with two attached hydrogens (primary N) is 1. The van der Waals surface area contributed by atoms with Gasteiger partial charge in [0.1, 0.15) is 11.5 Å². The minimum absolute atomic E-state index is 0.0648. The molecule has 0 aliphatic heterocycles. The van der Waals surface area contributed by atoms with Gasteiger partial charge in [0.05, 0.1) is 0 Å². The van der Waals surface area contributed by atoms with E-state index in [2.05, 4.69) is 13.0 Å². The van der Waals surface area contributed by atoms with Crippen molar-refractivity contribution in [3.8, 4) is 11.5 Å². The molecule has 3 heteroatoms. The fourth-order valence-electron chi connectivity index (χ4n) is 2.19. The van der Waals surface area contributed by atoms with E-state index in [-0.39, 0.29) is 6.04 Å². The molecule has 0 radical (unpaired) electrons. The van der Waals surface area contributed by atoms with Crippen molar-refractivity contribution in [1.82, 2.24) is 0 Å². The quantitative estimate of drug-likeness (QED) is 0.890. The number of hydrogen-bond acceptors (Lipinski definition) is 2. The third-order valence-electron chi connectivity index (χ3n) is 3.11. The largest absolute Gasteiger partial charge is 0.457 e. The van der Waals surface area contributed by atoms with Crippen molar-refractivity contribution in [3.05, 3.63) is 58.1 Å². The second kappa shape index (κ2) is 6.29. The topological polar surface area (TPSA) is 35.2 Å². The Morgan fingerprint density at radius 2 is 1.80 bits per heavy atom. The Balaban J connectivity index is 2.32. The summed E-state index contributed by atoms with van der Waals surface area (Å²) in [5, 5.41) is 0.702. The third kappa shape index (κ3) is 3.75. The third-order valence-corrected chi connectivity index (χ3v) is 3.35. The Kier molecular flexibility index (Phi) is 4.69. The van der Waals surface area contributed by atoms with E-state index < -0.39 is 0 Å². The van der Waals surface area contributed by atoms with Gasteiger partial charge in [-0.25, -0.2) is 0 Å². The van der Waals surface area contributed by atoms with Crippen LogP contribution in [0.4, 0.5) is 0 Å². The molecule has 106 valence electrons. The number of rotatable bonds is 4. The Bertz CT molecular complexity index is 608. The van der Waals surface area contributed by atoms with Crippen LogP contribution in [0.1, 0.15) is 23.6 Å². The second-order valence-corrected chi connectivity index (χ2v) is 5.74. The van der Waals surface area contributed by atoms with Gasteiger partial charge in [0.25, 0.3) is 0 Å². The van der Waals surface area contributed by atoms with Crippen LogP contribution in [0, 0.1) is 13.8 Å². The highest BCUT2D eigenvalue weighted by molar-refractivity contribution is 6.30. The molecule has 0 fully saturated rings. The summed E-state index contributed by atoms with van der Waals surface area (Å²) < 4.78 is 6.04. The zero-order chi connectivity index (χ0) is 14.7. The van der Waals surface area contributed by atoms with E-state index >= 15 is 0 Å². The van der Waals surface area contributed by atoms with Crippen LogP contribution in [0.15, 0.2) is 36.4 Å².